The predicted octanol–water partition coefficient (Wildman–Crippen LogP) is 2.11. The molecule has 0 unspecified atom stereocenters. The lowest BCUT2D eigenvalue weighted by atomic mass is 10.2. The number of rotatable bonds is 4. The third-order valence-corrected chi connectivity index (χ3v) is 3.03. The average molecular weight is 214 g/mol. The van der Waals surface area contributed by atoms with E-state index in [1.807, 2.05) is 19.9 Å². The van der Waals surface area contributed by atoms with Gasteiger partial charge in [0.1, 0.15) is 0 Å². The van der Waals surface area contributed by atoms with E-state index < -0.39 is 10.1 Å². The molecule has 78 valence electrons. The minimum Gasteiger partial charge on any atom is -0.266 e. The van der Waals surface area contributed by atoms with Gasteiger partial charge < -0.3 is 0 Å². The van der Waals surface area contributed by atoms with Gasteiger partial charge in [0.2, 0.25) is 0 Å². The second-order valence-electron chi connectivity index (χ2n) is 3.09. The summed E-state index contributed by atoms with van der Waals surface area (Å²) in [4.78, 5) is 0.228. The maximum Gasteiger partial charge on any atom is 0.296 e. The third kappa shape index (κ3) is 2.82. The Bertz CT molecular complexity index is 396. The Hall–Kier alpha value is -0.870. The van der Waals surface area contributed by atoms with Crippen LogP contribution in [0.15, 0.2) is 29.2 Å². The molecule has 4 heteroatoms. The molecule has 0 aliphatic heterocycles. The summed E-state index contributed by atoms with van der Waals surface area (Å²) in [5.41, 5.74) is 0.908. The van der Waals surface area contributed by atoms with E-state index >= 15 is 0 Å². The molecule has 1 aromatic rings. The number of hydrogen-bond donors (Lipinski definition) is 0. The van der Waals surface area contributed by atoms with Crippen molar-refractivity contribution in [3.05, 3.63) is 29.8 Å². The van der Waals surface area contributed by atoms with Gasteiger partial charge in [0.15, 0.2) is 0 Å². The van der Waals surface area contributed by atoms with Crippen LogP contribution in [0.1, 0.15) is 18.9 Å². The van der Waals surface area contributed by atoms with Gasteiger partial charge in [-0.25, -0.2) is 0 Å². The van der Waals surface area contributed by atoms with E-state index in [2.05, 4.69) is 0 Å². The molecule has 0 aliphatic rings. The van der Waals surface area contributed by atoms with Crippen LogP contribution in [-0.2, 0) is 14.3 Å². The summed E-state index contributed by atoms with van der Waals surface area (Å²) >= 11 is 0. The predicted molar refractivity (Wildman–Crippen MR) is 54.6 cm³/mol. The number of benzene rings is 1. The van der Waals surface area contributed by atoms with Gasteiger partial charge in [-0.15, -0.1) is 0 Å². The van der Waals surface area contributed by atoms with E-state index in [1.165, 1.54) is 6.07 Å². The fraction of sp³-hybridized carbons (Fsp3) is 0.400. The molecule has 1 aromatic carbocycles. The van der Waals surface area contributed by atoms with Crippen LogP contribution in [-0.4, -0.2) is 15.0 Å². The van der Waals surface area contributed by atoms with Crippen LogP contribution in [0.2, 0.25) is 0 Å². The van der Waals surface area contributed by atoms with E-state index in [-0.39, 0.29) is 11.5 Å². The number of aryl methyl sites for hydroxylation is 1. The zero-order valence-corrected chi connectivity index (χ0v) is 9.17. The molecule has 3 nitrogen and oxygen atoms in total. The maximum atomic E-state index is 11.5. The monoisotopic (exact) mass is 214 g/mol. The molecule has 0 fully saturated rings. The summed E-state index contributed by atoms with van der Waals surface area (Å²) < 4.78 is 27.8. The van der Waals surface area contributed by atoms with Crippen LogP contribution in [0.3, 0.4) is 0 Å². The minimum absolute atomic E-state index is 0.228. The molecule has 0 radical (unpaired) electrons. The Morgan fingerprint density at radius 3 is 2.64 bits per heavy atom. The van der Waals surface area contributed by atoms with E-state index in [0.29, 0.717) is 6.42 Å². The fourth-order valence-electron chi connectivity index (χ4n) is 1.03. The zero-order valence-electron chi connectivity index (χ0n) is 8.36. The Balaban J connectivity index is 2.93. The summed E-state index contributed by atoms with van der Waals surface area (Å²) in [5.74, 6) is 0. The van der Waals surface area contributed by atoms with Crippen LogP contribution in [0.5, 0.6) is 0 Å². The fourth-order valence-corrected chi connectivity index (χ4v) is 2.13. The molecule has 0 N–H and O–H groups in total. The molecular formula is C10H14O3S. The Morgan fingerprint density at radius 1 is 1.36 bits per heavy atom. The molecule has 0 saturated heterocycles. The summed E-state index contributed by atoms with van der Waals surface area (Å²) in [6, 6.07) is 6.69. The normalized spacial score (nSPS) is 11.6. The van der Waals surface area contributed by atoms with Crippen molar-refractivity contribution in [2.75, 3.05) is 6.61 Å². The summed E-state index contributed by atoms with van der Waals surface area (Å²) in [6.07, 6.45) is 0.686. The lowest BCUT2D eigenvalue weighted by Crippen LogP contribution is -2.07. The van der Waals surface area contributed by atoms with Crippen LogP contribution >= 0.6 is 0 Å². The maximum absolute atomic E-state index is 11.5. The van der Waals surface area contributed by atoms with Gasteiger partial charge in [0.25, 0.3) is 10.1 Å². The van der Waals surface area contributed by atoms with Gasteiger partial charge in [-0.3, -0.25) is 4.18 Å². The molecule has 0 aromatic heterocycles. The molecular weight excluding hydrogens is 200 g/mol. The topological polar surface area (TPSA) is 43.4 Å². The van der Waals surface area contributed by atoms with Crippen molar-refractivity contribution < 1.29 is 12.6 Å². The summed E-state index contributed by atoms with van der Waals surface area (Å²) in [6.45, 7) is 3.95. The largest absolute Gasteiger partial charge is 0.296 e. The van der Waals surface area contributed by atoms with Gasteiger partial charge in [0, 0.05) is 0 Å². The SMILES string of the molecule is CCCOS(=O)(=O)c1cccc(C)c1. The Morgan fingerprint density at radius 2 is 2.07 bits per heavy atom. The molecule has 0 aliphatic carbocycles. The van der Waals surface area contributed by atoms with Crippen molar-refractivity contribution in [2.24, 2.45) is 0 Å². The summed E-state index contributed by atoms with van der Waals surface area (Å²) in [5, 5.41) is 0. The summed E-state index contributed by atoms with van der Waals surface area (Å²) in [7, 11) is -3.54. The lowest BCUT2D eigenvalue weighted by molar-refractivity contribution is 0.318. The first-order valence-electron chi connectivity index (χ1n) is 4.52. The molecule has 0 bridgehead atoms. The van der Waals surface area contributed by atoms with Crippen LogP contribution in [0, 0.1) is 6.92 Å². The van der Waals surface area contributed by atoms with E-state index in [0.717, 1.165) is 5.56 Å². The first-order valence-corrected chi connectivity index (χ1v) is 5.93. The zero-order chi connectivity index (χ0) is 10.6. The van der Waals surface area contributed by atoms with Gasteiger partial charge in [-0.05, 0) is 31.0 Å². The average Bonchev–Trinajstić information content (AvgIpc) is 2.15. The quantitative estimate of drug-likeness (QED) is 0.721. The smallest absolute Gasteiger partial charge is 0.266 e. The molecule has 0 spiro atoms. The first kappa shape index (κ1) is 11.2. The van der Waals surface area contributed by atoms with Gasteiger partial charge in [0.05, 0.1) is 11.5 Å². The molecule has 0 saturated carbocycles. The van der Waals surface area contributed by atoms with Crippen LogP contribution in [0.4, 0.5) is 0 Å². The van der Waals surface area contributed by atoms with E-state index in [1.54, 1.807) is 12.1 Å². The van der Waals surface area contributed by atoms with E-state index in [4.69, 9.17) is 4.18 Å². The second kappa shape index (κ2) is 4.57. The Kier molecular flexibility index (Phi) is 3.66. The lowest BCUT2D eigenvalue weighted by Gasteiger charge is -2.04. The molecule has 0 heterocycles. The highest BCUT2D eigenvalue weighted by atomic mass is 32.2. The van der Waals surface area contributed by atoms with Gasteiger partial charge in [-0.1, -0.05) is 19.1 Å². The van der Waals surface area contributed by atoms with Crippen molar-refractivity contribution >= 4 is 10.1 Å². The van der Waals surface area contributed by atoms with Crippen molar-refractivity contribution in [3.8, 4) is 0 Å². The van der Waals surface area contributed by atoms with Crippen molar-refractivity contribution in [1.29, 1.82) is 0 Å². The molecule has 14 heavy (non-hydrogen) atoms. The highest BCUT2D eigenvalue weighted by Crippen LogP contribution is 2.13. The van der Waals surface area contributed by atoms with Crippen LogP contribution in [0.25, 0.3) is 0 Å². The highest BCUT2D eigenvalue weighted by Gasteiger charge is 2.13. The Labute approximate surface area is 84.8 Å². The standard InChI is InChI=1S/C10H14O3S/c1-3-7-13-14(11,12)10-6-4-5-9(2)8-10/h4-6,8H,3,7H2,1-2H3. The van der Waals surface area contributed by atoms with Crippen molar-refractivity contribution in [3.63, 3.8) is 0 Å². The van der Waals surface area contributed by atoms with Gasteiger partial charge >= 0.3 is 0 Å². The van der Waals surface area contributed by atoms with Crippen molar-refractivity contribution in [2.45, 2.75) is 25.2 Å². The van der Waals surface area contributed by atoms with E-state index in [9.17, 15) is 8.42 Å². The molecule has 1 rings (SSSR count). The van der Waals surface area contributed by atoms with Gasteiger partial charge in [-0.2, -0.15) is 8.42 Å². The van der Waals surface area contributed by atoms with Crippen LogP contribution < -0.4 is 0 Å². The highest BCUT2D eigenvalue weighted by molar-refractivity contribution is 7.86. The molecule has 0 amide bonds. The first-order chi connectivity index (χ1) is 6.56. The molecule has 0 atom stereocenters. The third-order valence-electron chi connectivity index (χ3n) is 1.72. The second-order valence-corrected chi connectivity index (χ2v) is 4.71. The minimum atomic E-state index is -3.54. The number of hydrogen-bond acceptors (Lipinski definition) is 3. The van der Waals surface area contributed by atoms with Crippen molar-refractivity contribution in [1.82, 2.24) is 0 Å².